The number of furan rings is 1. The lowest BCUT2D eigenvalue weighted by atomic mass is 9.98. The number of aryl methyl sites for hydroxylation is 1. The van der Waals surface area contributed by atoms with Gasteiger partial charge in [0.15, 0.2) is 0 Å². The average Bonchev–Trinajstić information content (AvgIpc) is 3.57. The van der Waals surface area contributed by atoms with E-state index < -0.39 is 10.0 Å². The zero-order valence-electron chi connectivity index (χ0n) is 22.8. The van der Waals surface area contributed by atoms with Crippen LogP contribution in [0.5, 0.6) is 0 Å². The van der Waals surface area contributed by atoms with Gasteiger partial charge in [-0.15, -0.1) is 11.3 Å². The van der Waals surface area contributed by atoms with Crippen LogP contribution in [0.2, 0.25) is 0 Å². The molecule has 6 aromatic rings. The lowest BCUT2D eigenvalue weighted by Gasteiger charge is -2.20. The summed E-state index contributed by atoms with van der Waals surface area (Å²) in [4.78, 5) is 22.4. The van der Waals surface area contributed by atoms with Crippen molar-refractivity contribution >= 4 is 54.1 Å². The van der Waals surface area contributed by atoms with Crippen LogP contribution in [-0.4, -0.2) is 44.6 Å². The van der Waals surface area contributed by atoms with E-state index in [0.29, 0.717) is 39.1 Å². The highest BCUT2D eigenvalue weighted by Crippen LogP contribution is 2.42. The molecule has 3 aromatic carbocycles. The molecule has 0 unspecified atom stereocenters. The molecule has 3 aromatic heterocycles. The number of hydrogen-bond acceptors (Lipinski definition) is 7. The van der Waals surface area contributed by atoms with Crippen molar-refractivity contribution in [2.24, 2.45) is 0 Å². The van der Waals surface area contributed by atoms with Crippen LogP contribution in [0.3, 0.4) is 0 Å². The number of pyridine rings is 1. The summed E-state index contributed by atoms with van der Waals surface area (Å²) in [5.41, 5.74) is 5.94. The van der Waals surface area contributed by atoms with Gasteiger partial charge >= 0.3 is 0 Å². The fraction of sp³-hybridized carbons (Fsp3) is 0.129. The van der Waals surface area contributed by atoms with Crippen LogP contribution in [0.4, 0.5) is 5.69 Å². The molecule has 10 heteroatoms. The Balaban J connectivity index is 1.61. The first-order valence-corrected chi connectivity index (χ1v) is 15.5. The molecule has 0 radical (unpaired) electrons. The van der Waals surface area contributed by atoms with Gasteiger partial charge < -0.3 is 9.73 Å². The highest BCUT2D eigenvalue weighted by molar-refractivity contribution is 7.92. The second-order valence-corrected chi connectivity index (χ2v) is 12.8. The molecule has 6 rings (SSSR count). The van der Waals surface area contributed by atoms with Crippen molar-refractivity contribution in [1.29, 1.82) is 0 Å². The monoisotopic (exact) mass is 582 g/mol. The Morgan fingerprint density at radius 2 is 1.71 bits per heavy atom. The molecule has 8 nitrogen and oxygen atoms in total. The average molecular weight is 583 g/mol. The summed E-state index contributed by atoms with van der Waals surface area (Å²) in [5.74, 6) is 0.0988. The van der Waals surface area contributed by atoms with E-state index in [0.717, 1.165) is 38.2 Å². The molecular formula is C31H26N4O4S2. The fourth-order valence-corrected chi connectivity index (χ4v) is 6.22. The number of nitrogens with one attached hydrogen (secondary N) is 1. The number of hydrogen-bond donors (Lipinski definition) is 1. The molecule has 0 aliphatic carbocycles. The van der Waals surface area contributed by atoms with E-state index in [9.17, 15) is 13.2 Å². The van der Waals surface area contributed by atoms with Gasteiger partial charge in [0.1, 0.15) is 16.4 Å². The van der Waals surface area contributed by atoms with Gasteiger partial charge in [-0.25, -0.2) is 13.4 Å². The maximum Gasteiger partial charge on any atom is 0.255 e. The Morgan fingerprint density at radius 1 is 0.976 bits per heavy atom. The highest BCUT2D eigenvalue weighted by atomic mass is 32.2. The number of benzene rings is 3. The van der Waals surface area contributed by atoms with Gasteiger partial charge in [0.25, 0.3) is 5.91 Å². The third-order valence-corrected chi connectivity index (χ3v) is 9.28. The molecule has 0 aliphatic rings. The largest absolute Gasteiger partial charge is 0.455 e. The molecular weight excluding hydrogens is 556 g/mol. The topological polar surface area (TPSA) is 105 Å². The van der Waals surface area contributed by atoms with Crippen LogP contribution in [0.25, 0.3) is 54.2 Å². The van der Waals surface area contributed by atoms with Gasteiger partial charge in [-0.2, -0.15) is 0 Å². The summed E-state index contributed by atoms with van der Waals surface area (Å²) < 4.78 is 34.0. The van der Waals surface area contributed by atoms with Gasteiger partial charge in [-0.1, -0.05) is 42.0 Å². The zero-order valence-corrected chi connectivity index (χ0v) is 24.4. The van der Waals surface area contributed by atoms with Crippen molar-refractivity contribution in [3.8, 4) is 33.0 Å². The maximum atomic E-state index is 13.2. The number of amides is 1. The van der Waals surface area contributed by atoms with E-state index in [1.54, 1.807) is 42.9 Å². The van der Waals surface area contributed by atoms with Crippen molar-refractivity contribution in [3.63, 3.8) is 0 Å². The molecule has 0 aliphatic heterocycles. The van der Waals surface area contributed by atoms with Crippen LogP contribution < -0.4 is 9.62 Å². The molecule has 3 heterocycles. The van der Waals surface area contributed by atoms with E-state index in [1.165, 1.54) is 11.4 Å². The van der Waals surface area contributed by atoms with Crippen LogP contribution in [-0.2, 0) is 10.0 Å². The second-order valence-electron chi connectivity index (χ2n) is 9.80. The Labute approximate surface area is 241 Å². The molecule has 0 saturated carbocycles. The Morgan fingerprint density at radius 3 is 2.41 bits per heavy atom. The van der Waals surface area contributed by atoms with Gasteiger partial charge in [-0.3, -0.25) is 14.1 Å². The number of nitrogens with zero attached hydrogens (tertiary/aromatic N) is 3. The normalized spacial score (nSPS) is 11.7. The lowest BCUT2D eigenvalue weighted by Crippen LogP contribution is -2.25. The third kappa shape index (κ3) is 4.85. The minimum Gasteiger partial charge on any atom is -0.455 e. The van der Waals surface area contributed by atoms with Crippen molar-refractivity contribution in [3.05, 3.63) is 90.3 Å². The van der Waals surface area contributed by atoms with E-state index >= 15 is 0 Å². The fourth-order valence-electron chi connectivity index (χ4n) is 4.76. The number of aromatic nitrogens is 2. The van der Waals surface area contributed by atoms with Gasteiger partial charge in [0.05, 0.1) is 27.7 Å². The smallest absolute Gasteiger partial charge is 0.255 e. The number of carbonyl (C=O) groups is 1. The number of thiazole rings is 1. The van der Waals surface area contributed by atoms with Crippen molar-refractivity contribution in [2.45, 2.75) is 6.92 Å². The molecule has 0 spiro atoms. The SMILES string of the molecule is CNC(=O)c1c(-c2ccc(C)cc2)oc2cc(N(C)S(C)(=O)=O)c(-c3cncc(-c4nc5ccccc5s4)c3)cc12. The van der Waals surface area contributed by atoms with Crippen molar-refractivity contribution in [2.75, 3.05) is 24.7 Å². The Hall–Kier alpha value is -4.54. The van der Waals surface area contributed by atoms with Gasteiger partial charge in [0.2, 0.25) is 10.0 Å². The summed E-state index contributed by atoms with van der Waals surface area (Å²) in [6, 6.07) is 21.0. The standard InChI is InChI=1S/C31H26N4O4S2/c1-18-9-11-19(12-10-18)29-28(30(36)32-2)23-14-22(25(15-26(23)39-29)35(3)41(4,37)38)20-13-21(17-33-16-20)31-34-24-7-5-6-8-27(24)40-31/h5-17H,1-4H3,(H,32,36). The summed E-state index contributed by atoms with van der Waals surface area (Å²) in [5, 5.41) is 4.08. The molecule has 1 amide bonds. The van der Waals surface area contributed by atoms with Gasteiger partial charge in [-0.05, 0) is 31.2 Å². The molecule has 0 bridgehead atoms. The third-order valence-electron chi connectivity index (χ3n) is 7.00. The summed E-state index contributed by atoms with van der Waals surface area (Å²) in [6.07, 6.45) is 4.56. The van der Waals surface area contributed by atoms with Crippen molar-refractivity contribution in [1.82, 2.24) is 15.3 Å². The molecule has 1 N–H and O–H groups in total. The Kier molecular flexibility index (Phi) is 6.59. The summed E-state index contributed by atoms with van der Waals surface area (Å²) in [6.45, 7) is 1.98. The molecule has 0 atom stereocenters. The van der Waals surface area contributed by atoms with Gasteiger partial charge in [0, 0.05) is 60.2 Å². The lowest BCUT2D eigenvalue weighted by molar-refractivity contribution is 0.0964. The molecule has 206 valence electrons. The van der Waals surface area contributed by atoms with Crippen molar-refractivity contribution < 1.29 is 17.6 Å². The highest BCUT2D eigenvalue weighted by Gasteiger charge is 2.26. The van der Waals surface area contributed by atoms with Crippen LogP contribution in [0, 0.1) is 6.92 Å². The summed E-state index contributed by atoms with van der Waals surface area (Å²) in [7, 11) is -0.572. The first kappa shape index (κ1) is 26.7. The summed E-state index contributed by atoms with van der Waals surface area (Å²) >= 11 is 1.56. The minimum absolute atomic E-state index is 0.309. The van der Waals surface area contributed by atoms with Crippen LogP contribution in [0.15, 0.2) is 83.5 Å². The molecule has 41 heavy (non-hydrogen) atoms. The number of sulfonamides is 1. The Bertz CT molecular complexity index is 2030. The first-order chi connectivity index (χ1) is 19.6. The second kappa shape index (κ2) is 10.1. The van der Waals surface area contributed by atoms with Crippen LogP contribution >= 0.6 is 11.3 Å². The number of rotatable bonds is 6. The van der Waals surface area contributed by atoms with E-state index in [1.807, 2.05) is 61.5 Å². The number of fused-ring (bicyclic) bond motifs is 2. The predicted octanol–water partition coefficient (Wildman–Crippen LogP) is 6.50. The molecule has 0 saturated heterocycles. The van der Waals surface area contributed by atoms with E-state index in [-0.39, 0.29) is 5.91 Å². The number of para-hydroxylation sites is 1. The number of anilines is 1. The van der Waals surface area contributed by atoms with E-state index in [4.69, 9.17) is 9.40 Å². The van der Waals surface area contributed by atoms with E-state index in [2.05, 4.69) is 10.3 Å². The maximum absolute atomic E-state index is 13.2. The zero-order chi connectivity index (χ0) is 28.9. The molecule has 0 fully saturated rings. The first-order valence-electron chi connectivity index (χ1n) is 12.8. The minimum atomic E-state index is -3.63. The number of carbonyl (C=O) groups excluding carboxylic acids is 1. The quantitative estimate of drug-likeness (QED) is 0.240. The van der Waals surface area contributed by atoms with Crippen LogP contribution in [0.1, 0.15) is 15.9 Å². The predicted molar refractivity (Wildman–Crippen MR) is 165 cm³/mol.